The summed E-state index contributed by atoms with van der Waals surface area (Å²) in [4.78, 5) is 44.9. The van der Waals surface area contributed by atoms with Gasteiger partial charge in [0.15, 0.2) is 0 Å². The van der Waals surface area contributed by atoms with Gasteiger partial charge in [0.2, 0.25) is 0 Å². The SMILES string of the molecule is COc1cccc(-c2ccncc2N[C@@H](C)C(=O)O)c1.COc1ccccc1-c1ccncc1N[C@@H](C)C(=O)O.C[C@H](Nc1cnccc1-c1ccc(Cl)cc1)C(=O)O. The molecular weight excluding hydrogens is 776 g/mol. The molecule has 0 amide bonds. The van der Waals surface area contributed by atoms with Crippen molar-refractivity contribution in [3.63, 3.8) is 0 Å². The molecule has 306 valence electrons. The lowest BCUT2D eigenvalue weighted by molar-refractivity contribution is -0.138. The Kier molecular flexibility index (Phi) is 16.6. The first-order valence-electron chi connectivity index (χ1n) is 18.2. The number of nitrogens with one attached hydrogen (secondary N) is 3. The quantitative estimate of drug-likeness (QED) is 0.0609. The molecule has 3 aromatic carbocycles. The Bertz CT molecular complexity index is 2330. The molecule has 0 unspecified atom stereocenters. The van der Waals surface area contributed by atoms with E-state index >= 15 is 0 Å². The molecule has 14 nitrogen and oxygen atoms in total. The number of hydrogen-bond donors (Lipinski definition) is 6. The van der Waals surface area contributed by atoms with Crippen LogP contribution in [-0.4, -0.2) is 80.5 Å². The summed E-state index contributed by atoms with van der Waals surface area (Å²) in [5.41, 5.74) is 7.41. The van der Waals surface area contributed by atoms with Gasteiger partial charge in [-0.3, -0.25) is 29.3 Å². The summed E-state index contributed by atoms with van der Waals surface area (Å²) in [5.74, 6) is -1.27. The second kappa shape index (κ2) is 21.9. The molecule has 0 bridgehead atoms. The molecule has 0 radical (unpaired) electrons. The fourth-order valence-electron chi connectivity index (χ4n) is 5.44. The predicted octanol–water partition coefficient (Wildman–Crippen LogP) is 8.57. The smallest absolute Gasteiger partial charge is 0.325 e. The number of methoxy groups -OCH3 is 2. The number of carboxylic acids is 3. The van der Waals surface area contributed by atoms with E-state index in [-0.39, 0.29) is 0 Å². The fraction of sp³-hybridized carbons (Fsp3) is 0.182. The number of rotatable bonds is 14. The third-order valence-electron chi connectivity index (χ3n) is 8.62. The monoisotopic (exact) mass is 820 g/mol. The van der Waals surface area contributed by atoms with Crippen LogP contribution < -0.4 is 25.4 Å². The van der Waals surface area contributed by atoms with Crippen LogP contribution in [0.4, 0.5) is 17.1 Å². The van der Waals surface area contributed by atoms with Gasteiger partial charge in [0.1, 0.15) is 29.6 Å². The minimum Gasteiger partial charge on any atom is -0.497 e. The minimum atomic E-state index is -0.917. The maximum absolute atomic E-state index is 11.0. The summed E-state index contributed by atoms with van der Waals surface area (Å²) >= 11 is 5.86. The van der Waals surface area contributed by atoms with Crippen molar-refractivity contribution in [3.05, 3.63) is 133 Å². The van der Waals surface area contributed by atoms with Crippen molar-refractivity contribution in [3.8, 4) is 44.9 Å². The van der Waals surface area contributed by atoms with Crippen molar-refractivity contribution in [1.82, 2.24) is 15.0 Å². The van der Waals surface area contributed by atoms with Crippen LogP contribution in [0, 0.1) is 0 Å². The van der Waals surface area contributed by atoms with Crippen LogP contribution in [0.1, 0.15) is 20.8 Å². The second-order valence-electron chi connectivity index (χ2n) is 12.8. The fourth-order valence-corrected chi connectivity index (χ4v) is 5.56. The minimum absolute atomic E-state index is 0.659. The van der Waals surface area contributed by atoms with E-state index in [0.29, 0.717) is 22.1 Å². The zero-order valence-corrected chi connectivity index (χ0v) is 33.7. The number of anilines is 3. The summed E-state index contributed by atoms with van der Waals surface area (Å²) in [7, 11) is 3.21. The van der Waals surface area contributed by atoms with E-state index in [2.05, 4.69) is 30.9 Å². The number of ether oxygens (including phenoxy) is 2. The average Bonchev–Trinajstić information content (AvgIpc) is 3.25. The van der Waals surface area contributed by atoms with Crippen molar-refractivity contribution in [2.24, 2.45) is 0 Å². The third kappa shape index (κ3) is 12.9. The Labute approximate surface area is 346 Å². The van der Waals surface area contributed by atoms with Gasteiger partial charge in [-0.1, -0.05) is 54.1 Å². The highest BCUT2D eigenvalue weighted by atomic mass is 35.5. The van der Waals surface area contributed by atoms with Crippen LogP contribution in [0.15, 0.2) is 128 Å². The highest BCUT2D eigenvalue weighted by Gasteiger charge is 2.17. The molecule has 6 N–H and O–H groups in total. The molecule has 0 aliphatic heterocycles. The average molecular weight is 821 g/mol. The Morgan fingerprint density at radius 2 is 1.00 bits per heavy atom. The van der Waals surface area contributed by atoms with Crippen LogP contribution in [0.2, 0.25) is 5.02 Å². The number of nitrogens with zero attached hydrogens (tertiary/aromatic N) is 3. The number of halogens is 1. The van der Waals surface area contributed by atoms with Gasteiger partial charge in [0.25, 0.3) is 0 Å². The van der Waals surface area contributed by atoms with Crippen molar-refractivity contribution < 1.29 is 39.2 Å². The van der Waals surface area contributed by atoms with Crippen LogP contribution in [0.5, 0.6) is 11.5 Å². The first-order valence-corrected chi connectivity index (χ1v) is 18.5. The van der Waals surface area contributed by atoms with E-state index in [9.17, 15) is 14.4 Å². The zero-order chi connectivity index (χ0) is 42.9. The van der Waals surface area contributed by atoms with Crippen LogP contribution in [0.25, 0.3) is 33.4 Å². The summed E-state index contributed by atoms with van der Waals surface area (Å²) in [6.07, 6.45) is 9.85. The molecule has 3 heterocycles. The predicted molar refractivity (Wildman–Crippen MR) is 229 cm³/mol. The summed E-state index contributed by atoms with van der Waals surface area (Å²) in [6.45, 7) is 4.76. The number of carboxylic acid groups (broad SMARTS) is 3. The van der Waals surface area contributed by atoms with E-state index in [1.807, 2.05) is 78.9 Å². The van der Waals surface area contributed by atoms with Crippen molar-refractivity contribution in [1.29, 1.82) is 0 Å². The van der Waals surface area contributed by atoms with Gasteiger partial charge in [-0.25, -0.2) is 0 Å². The molecule has 6 rings (SSSR count). The van der Waals surface area contributed by atoms with Gasteiger partial charge in [-0.15, -0.1) is 0 Å². The molecule has 3 atom stereocenters. The Morgan fingerprint density at radius 3 is 1.47 bits per heavy atom. The molecular formula is C44H45ClN6O8. The van der Waals surface area contributed by atoms with Crippen molar-refractivity contribution in [2.45, 2.75) is 38.9 Å². The third-order valence-corrected chi connectivity index (χ3v) is 8.88. The molecule has 0 aliphatic rings. The molecule has 0 fully saturated rings. The highest BCUT2D eigenvalue weighted by molar-refractivity contribution is 6.30. The lowest BCUT2D eigenvalue weighted by Crippen LogP contribution is -2.25. The van der Waals surface area contributed by atoms with Gasteiger partial charge < -0.3 is 40.7 Å². The Morgan fingerprint density at radius 1 is 0.542 bits per heavy atom. The first kappa shape index (κ1) is 44.5. The van der Waals surface area contributed by atoms with Crippen LogP contribution in [0.3, 0.4) is 0 Å². The maximum atomic E-state index is 11.0. The lowest BCUT2D eigenvalue weighted by Gasteiger charge is -2.16. The molecule has 3 aromatic heterocycles. The Hall–Kier alpha value is -7.19. The number of para-hydroxylation sites is 1. The highest BCUT2D eigenvalue weighted by Crippen LogP contribution is 2.35. The van der Waals surface area contributed by atoms with Gasteiger partial charge in [0.05, 0.1) is 49.9 Å². The van der Waals surface area contributed by atoms with E-state index in [4.69, 9.17) is 36.4 Å². The van der Waals surface area contributed by atoms with E-state index in [0.717, 1.165) is 44.9 Å². The van der Waals surface area contributed by atoms with Gasteiger partial charge in [-0.05, 0) is 80.4 Å². The van der Waals surface area contributed by atoms with Gasteiger partial charge >= 0.3 is 17.9 Å². The first-order chi connectivity index (χ1) is 28.3. The van der Waals surface area contributed by atoms with E-state index in [1.165, 1.54) is 0 Å². The lowest BCUT2D eigenvalue weighted by atomic mass is 10.0. The summed E-state index contributed by atoms with van der Waals surface area (Å²) in [5, 5.41) is 36.4. The van der Waals surface area contributed by atoms with Crippen molar-refractivity contribution >= 4 is 46.6 Å². The molecule has 0 saturated carbocycles. The van der Waals surface area contributed by atoms with E-state index in [1.54, 1.807) is 84.3 Å². The molecule has 15 heteroatoms. The topological polar surface area (TPSA) is 205 Å². The largest absolute Gasteiger partial charge is 0.497 e. The molecule has 0 spiro atoms. The molecule has 0 aliphatic carbocycles. The second-order valence-corrected chi connectivity index (χ2v) is 13.3. The number of hydrogen-bond acceptors (Lipinski definition) is 11. The van der Waals surface area contributed by atoms with Gasteiger partial charge in [0, 0.05) is 45.9 Å². The van der Waals surface area contributed by atoms with Crippen LogP contribution >= 0.6 is 11.6 Å². The zero-order valence-electron chi connectivity index (χ0n) is 33.0. The van der Waals surface area contributed by atoms with E-state index < -0.39 is 36.0 Å². The molecule has 0 saturated heterocycles. The van der Waals surface area contributed by atoms with Crippen molar-refractivity contribution in [2.75, 3.05) is 30.2 Å². The molecule has 6 aromatic rings. The number of aliphatic carboxylic acids is 3. The van der Waals surface area contributed by atoms with Gasteiger partial charge in [-0.2, -0.15) is 0 Å². The number of pyridine rings is 3. The molecule has 59 heavy (non-hydrogen) atoms. The standard InChI is InChI=1S/2C15H16N2O3.C14H13ClN2O2/c1-10(15(18)19)17-14-9-16-7-6-13(14)11-4-3-5-12(8-11)20-2;1-10(15(18)19)17-13-9-16-8-7-11(13)12-5-3-4-6-14(12)20-2;1-9(14(18)19)17-13-8-16-7-6-12(13)10-2-4-11(15)5-3-10/h2*3-10,17H,1-2H3,(H,18,19);2-9,17H,1H3,(H,18,19)/t2*10-;9-/m000/s1. The summed E-state index contributed by atoms with van der Waals surface area (Å²) in [6, 6.07) is 25.9. The maximum Gasteiger partial charge on any atom is 0.325 e. The number of carbonyl (C=O) groups is 3. The number of benzene rings is 3. The Balaban J connectivity index is 0.000000196. The summed E-state index contributed by atoms with van der Waals surface area (Å²) < 4.78 is 10.5. The number of aromatic nitrogens is 3. The van der Waals surface area contributed by atoms with Crippen LogP contribution in [-0.2, 0) is 14.4 Å². The normalized spacial score (nSPS) is 11.8.